The SMILES string of the molecule is FC(F)(F)C(Br)=Nc1ccc(Br)cc1. The van der Waals surface area contributed by atoms with Crippen molar-refractivity contribution in [3.8, 4) is 0 Å². The van der Waals surface area contributed by atoms with Gasteiger partial charge in [-0.25, -0.2) is 4.99 Å². The van der Waals surface area contributed by atoms with Gasteiger partial charge in [0.15, 0.2) is 4.62 Å². The van der Waals surface area contributed by atoms with Crippen molar-refractivity contribution >= 4 is 42.2 Å². The van der Waals surface area contributed by atoms with Gasteiger partial charge >= 0.3 is 6.18 Å². The van der Waals surface area contributed by atoms with E-state index in [2.05, 4.69) is 36.9 Å². The first-order valence-electron chi connectivity index (χ1n) is 3.46. The van der Waals surface area contributed by atoms with Crippen LogP contribution in [0.4, 0.5) is 18.9 Å². The summed E-state index contributed by atoms with van der Waals surface area (Å²) in [6.45, 7) is 0. The number of rotatable bonds is 1. The van der Waals surface area contributed by atoms with Crippen LogP contribution in [0.3, 0.4) is 0 Å². The normalized spacial score (nSPS) is 13.1. The summed E-state index contributed by atoms with van der Waals surface area (Å²) in [6, 6.07) is 6.21. The second-order valence-electron chi connectivity index (χ2n) is 2.38. The fourth-order valence-corrected chi connectivity index (χ4v) is 1.16. The van der Waals surface area contributed by atoms with Gasteiger partial charge in [-0.3, -0.25) is 0 Å². The van der Waals surface area contributed by atoms with Gasteiger partial charge in [0, 0.05) is 4.47 Å². The van der Waals surface area contributed by atoms with Crippen molar-refractivity contribution in [2.24, 2.45) is 4.99 Å². The van der Waals surface area contributed by atoms with E-state index >= 15 is 0 Å². The van der Waals surface area contributed by atoms with E-state index in [1.54, 1.807) is 12.1 Å². The van der Waals surface area contributed by atoms with Crippen LogP contribution >= 0.6 is 31.9 Å². The fraction of sp³-hybridized carbons (Fsp3) is 0.125. The summed E-state index contributed by atoms with van der Waals surface area (Å²) in [6.07, 6.45) is -4.44. The summed E-state index contributed by atoms with van der Waals surface area (Å²) in [5.41, 5.74) is 0.248. The van der Waals surface area contributed by atoms with Crippen LogP contribution in [0.15, 0.2) is 33.7 Å². The first kappa shape index (κ1) is 11.7. The second-order valence-corrected chi connectivity index (χ2v) is 4.04. The number of alkyl halides is 3. The van der Waals surface area contributed by atoms with Crippen LogP contribution in [-0.2, 0) is 0 Å². The van der Waals surface area contributed by atoms with Crippen LogP contribution in [0.25, 0.3) is 0 Å². The monoisotopic (exact) mass is 329 g/mol. The number of hydrogen-bond acceptors (Lipinski definition) is 1. The molecule has 76 valence electrons. The minimum Gasteiger partial charge on any atom is -0.237 e. The Kier molecular flexibility index (Phi) is 3.71. The van der Waals surface area contributed by atoms with Crippen LogP contribution < -0.4 is 0 Å². The third kappa shape index (κ3) is 3.42. The quantitative estimate of drug-likeness (QED) is 0.675. The van der Waals surface area contributed by atoms with Gasteiger partial charge < -0.3 is 0 Å². The highest BCUT2D eigenvalue weighted by Crippen LogP contribution is 2.25. The Morgan fingerprint density at radius 3 is 2.07 bits per heavy atom. The zero-order chi connectivity index (χ0) is 10.8. The van der Waals surface area contributed by atoms with Gasteiger partial charge in [0.2, 0.25) is 0 Å². The third-order valence-corrected chi connectivity index (χ3v) is 2.44. The highest BCUT2D eigenvalue weighted by atomic mass is 79.9. The summed E-state index contributed by atoms with van der Waals surface area (Å²) < 4.78 is 35.8. The summed E-state index contributed by atoms with van der Waals surface area (Å²) in [5, 5.41) is 0. The molecule has 0 N–H and O–H groups in total. The molecule has 0 fully saturated rings. The van der Waals surface area contributed by atoms with E-state index in [4.69, 9.17) is 0 Å². The van der Waals surface area contributed by atoms with Crippen molar-refractivity contribution in [1.29, 1.82) is 0 Å². The molecular formula is C8H4Br2F3N. The van der Waals surface area contributed by atoms with Gasteiger partial charge in [-0.1, -0.05) is 15.9 Å². The lowest BCUT2D eigenvalue weighted by Crippen LogP contribution is -2.16. The molecule has 0 aliphatic carbocycles. The van der Waals surface area contributed by atoms with Gasteiger partial charge in [-0.05, 0) is 40.2 Å². The molecule has 0 aliphatic rings. The molecule has 1 nitrogen and oxygen atoms in total. The number of halogens is 5. The average molecular weight is 331 g/mol. The van der Waals surface area contributed by atoms with Gasteiger partial charge in [-0.15, -0.1) is 0 Å². The highest BCUT2D eigenvalue weighted by molar-refractivity contribution is 9.18. The Hall–Kier alpha value is -0.360. The lowest BCUT2D eigenvalue weighted by molar-refractivity contribution is -0.0550. The topological polar surface area (TPSA) is 12.4 Å². The van der Waals surface area contributed by atoms with E-state index in [-0.39, 0.29) is 5.69 Å². The lowest BCUT2D eigenvalue weighted by Gasteiger charge is -2.03. The van der Waals surface area contributed by atoms with E-state index in [9.17, 15) is 13.2 Å². The van der Waals surface area contributed by atoms with Crippen molar-refractivity contribution in [3.63, 3.8) is 0 Å². The maximum Gasteiger partial charge on any atom is 0.440 e. The predicted molar refractivity (Wildman–Crippen MR) is 56.2 cm³/mol. The van der Waals surface area contributed by atoms with Crippen LogP contribution in [0.1, 0.15) is 0 Å². The van der Waals surface area contributed by atoms with Gasteiger partial charge in [0.1, 0.15) is 0 Å². The Labute approximate surface area is 95.3 Å². The minimum absolute atomic E-state index is 0.248. The zero-order valence-electron chi connectivity index (χ0n) is 6.65. The zero-order valence-corrected chi connectivity index (χ0v) is 9.82. The number of benzene rings is 1. The molecule has 1 aromatic rings. The van der Waals surface area contributed by atoms with Crippen molar-refractivity contribution in [2.45, 2.75) is 6.18 Å². The summed E-state index contributed by atoms with van der Waals surface area (Å²) in [4.78, 5) is 3.36. The molecule has 0 amide bonds. The molecule has 0 saturated heterocycles. The van der Waals surface area contributed by atoms with Crippen LogP contribution in [-0.4, -0.2) is 10.8 Å². The minimum atomic E-state index is -4.44. The van der Waals surface area contributed by atoms with E-state index < -0.39 is 10.8 Å². The first-order valence-corrected chi connectivity index (χ1v) is 5.05. The van der Waals surface area contributed by atoms with Gasteiger partial charge in [-0.2, -0.15) is 13.2 Å². The number of hydrogen-bond donors (Lipinski definition) is 0. The van der Waals surface area contributed by atoms with Crippen molar-refractivity contribution in [1.82, 2.24) is 0 Å². The smallest absolute Gasteiger partial charge is 0.237 e. The molecule has 14 heavy (non-hydrogen) atoms. The molecular weight excluding hydrogens is 327 g/mol. The average Bonchev–Trinajstić information content (AvgIpc) is 2.07. The summed E-state index contributed by atoms with van der Waals surface area (Å²) in [5.74, 6) is 0. The Bertz CT molecular complexity index is 343. The fourth-order valence-electron chi connectivity index (χ4n) is 0.692. The van der Waals surface area contributed by atoms with E-state index in [0.29, 0.717) is 0 Å². The maximum atomic E-state index is 12.0. The van der Waals surface area contributed by atoms with E-state index in [0.717, 1.165) is 4.47 Å². The number of nitrogens with zero attached hydrogens (tertiary/aromatic N) is 1. The molecule has 0 saturated carbocycles. The predicted octanol–water partition coefficient (Wildman–Crippen LogP) is 4.44. The molecule has 0 spiro atoms. The molecule has 0 atom stereocenters. The Balaban J connectivity index is 2.93. The summed E-state index contributed by atoms with van der Waals surface area (Å²) >= 11 is 5.54. The molecule has 0 aromatic heterocycles. The van der Waals surface area contributed by atoms with Crippen LogP contribution in [0, 0.1) is 0 Å². The standard InChI is InChI=1S/C8H4Br2F3N/c9-5-1-3-6(4-2-5)14-7(10)8(11,12)13/h1-4H. The summed E-state index contributed by atoms with van der Waals surface area (Å²) in [7, 11) is 0. The maximum absolute atomic E-state index is 12.0. The van der Waals surface area contributed by atoms with E-state index in [1.807, 2.05) is 0 Å². The van der Waals surface area contributed by atoms with Crippen molar-refractivity contribution in [3.05, 3.63) is 28.7 Å². The van der Waals surface area contributed by atoms with E-state index in [1.165, 1.54) is 12.1 Å². The molecule has 6 heteroatoms. The first-order chi connectivity index (χ1) is 6.39. The molecule has 0 aliphatic heterocycles. The van der Waals surface area contributed by atoms with Crippen molar-refractivity contribution < 1.29 is 13.2 Å². The molecule has 0 heterocycles. The lowest BCUT2D eigenvalue weighted by atomic mass is 10.3. The molecule has 1 aromatic carbocycles. The van der Waals surface area contributed by atoms with Gasteiger partial charge in [0.05, 0.1) is 5.69 Å². The van der Waals surface area contributed by atoms with Crippen molar-refractivity contribution in [2.75, 3.05) is 0 Å². The molecule has 1 rings (SSSR count). The Morgan fingerprint density at radius 1 is 1.14 bits per heavy atom. The second kappa shape index (κ2) is 4.44. The Morgan fingerprint density at radius 2 is 1.64 bits per heavy atom. The van der Waals surface area contributed by atoms with Gasteiger partial charge in [0.25, 0.3) is 0 Å². The third-order valence-electron chi connectivity index (χ3n) is 1.29. The number of aliphatic imine (C=N–C) groups is 1. The van der Waals surface area contributed by atoms with Crippen LogP contribution in [0.5, 0.6) is 0 Å². The highest BCUT2D eigenvalue weighted by Gasteiger charge is 2.33. The largest absolute Gasteiger partial charge is 0.440 e. The molecule has 0 radical (unpaired) electrons. The van der Waals surface area contributed by atoms with Crippen LogP contribution in [0.2, 0.25) is 0 Å². The molecule has 0 unspecified atom stereocenters. The molecule has 0 bridgehead atoms.